The molecule has 0 N–H and O–H groups in total. The molecular weight excluding hydrogens is 562 g/mol. The molecule has 46 heavy (non-hydrogen) atoms. The van der Waals surface area contributed by atoms with Crippen LogP contribution in [0.4, 0.5) is 0 Å². The highest BCUT2D eigenvalue weighted by Gasteiger charge is 2.25. The predicted molar refractivity (Wildman–Crippen MR) is 197 cm³/mol. The van der Waals surface area contributed by atoms with Gasteiger partial charge in [0.25, 0.3) is 0 Å². The number of pyridine rings is 1. The van der Waals surface area contributed by atoms with E-state index in [1.165, 1.54) is 58.2 Å². The maximum absolute atomic E-state index is 12.9. The lowest BCUT2D eigenvalue weighted by Crippen LogP contribution is -2.21. The molecule has 0 saturated heterocycles. The lowest BCUT2D eigenvalue weighted by Gasteiger charge is -2.24. The van der Waals surface area contributed by atoms with E-state index in [0.29, 0.717) is 5.76 Å². The highest BCUT2D eigenvalue weighted by atomic mass is 16.5. The van der Waals surface area contributed by atoms with Gasteiger partial charge in [-0.3, -0.25) is 9.78 Å². The van der Waals surface area contributed by atoms with E-state index in [1.807, 2.05) is 27.0 Å². The maximum Gasteiger partial charge on any atom is 0.164 e. The Labute approximate surface area is 275 Å². The van der Waals surface area contributed by atoms with Crippen molar-refractivity contribution >= 4 is 43.7 Å². The maximum atomic E-state index is 12.9. The van der Waals surface area contributed by atoms with E-state index in [-0.39, 0.29) is 11.2 Å². The molecule has 5 rings (SSSR count). The lowest BCUT2D eigenvalue weighted by molar-refractivity contribution is -0.121. The highest BCUT2D eigenvalue weighted by molar-refractivity contribution is 6.19. The van der Waals surface area contributed by atoms with E-state index in [2.05, 4.69) is 107 Å². The average molecular weight is 612 g/mol. The molecule has 0 amide bonds. The van der Waals surface area contributed by atoms with E-state index in [9.17, 15) is 4.79 Å². The Kier molecular flexibility index (Phi) is 9.82. The summed E-state index contributed by atoms with van der Waals surface area (Å²) in [6, 6.07) is 26.5. The molecule has 0 aliphatic rings. The molecule has 0 bridgehead atoms. The monoisotopic (exact) mass is 611 g/mol. The number of fused-ring (bicyclic) bond motifs is 5. The number of ketones is 1. The first-order valence-electron chi connectivity index (χ1n) is 16.8. The van der Waals surface area contributed by atoms with Crippen molar-refractivity contribution in [2.75, 3.05) is 0 Å². The van der Waals surface area contributed by atoms with Gasteiger partial charge in [-0.2, -0.15) is 0 Å². The largest absolute Gasteiger partial charge is 0.468 e. The summed E-state index contributed by atoms with van der Waals surface area (Å²) >= 11 is 0. The number of aromatic nitrogens is 1. The van der Waals surface area contributed by atoms with Crippen LogP contribution < -0.4 is 0 Å². The van der Waals surface area contributed by atoms with Gasteiger partial charge in [0.05, 0.1) is 12.0 Å². The molecular formula is C43H49NO2. The summed E-state index contributed by atoms with van der Waals surface area (Å²) in [5, 5.41) is 7.33. The predicted octanol–water partition coefficient (Wildman–Crippen LogP) is 12.3. The van der Waals surface area contributed by atoms with Crippen molar-refractivity contribution in [1.82, 2.24) is 4.98 Å². The smallest absolute Gasteiger partial charge is 0.164 e. The molecule has 0 aliphatic heterocycles. The summed E-state index contributed by atoms with van der Waals surface area (Å²) in [7, 11) is 0. The van der Waals surface area contributed by atoms with Crippen LogP contribution in [0.2, 0.25) is 0 Å². The molecule has 5 aromatic rings. The van der Waals surface area contributed by atoms with Crippen LogP contribution >= 0.6 is 0 Å². The lowest BCUT2D eigenvalue weighted by atomic mass is 9.86. The number of allylic oxidation sites excluding steroid dienone is 3. The number of aryl methyl sites for hydroxylation is 1. The van der Waals surface area contributed by atoms with Crippen LogP contribution in [-0.4, -0.2) is 10.8 Å². The minimum absolute atomic E-state index is 0.0524. The van der Waals surface area contributed by atoms with Gasteiger partial charge in [-0.15, -0.1) is 0 Å². The molecule has 0 unspecified atom stereocenters. The van der Waals surface area contributed by atoms with Crippen LogP contribution in [0.5, 0.6) is 0 Å². The molecule has 238 valence electrons. The second-order valence-electron chi connectivity index (χ2n) is 14.7. The number of carbonyl (C=O) groups excluding carboxylic acids is 1. The SMILES string of the molecule is CCCCCCc1ccc(/C(C)=C/O/C(=C\C(=O)C(C)(C)C)C(C)(C)C)c(-c2nccc3c2ccc2c4ccccc4ccc32)c1. The fourth-order valence-corrected chi connectivity index (χ4v) is 5.99. The standard InChI is InChI=1S/C43H49NO2/c1-9-10-11-12-15-30-18-20-32(29(2)28-46-40(43(6,7)8)27-39(45)42(3,4)5)38(26-30)41-37-23-22-34-33-17-14-13-16-31(33)19-21-35(34)36(37)24-25-44-41/h13-14,16-28H,9-12,15H2,1-8H3/b29-28+,40-27-. The fourth-order valence-electron chi connectivity index (χ4n) is 5.99. The number of benzene rings is 4. The normalized spacial score (nSPS) is 13.1. The van der Waals surface area contributed by atoms with Crippen molar-refractivity contribution in [1.29, 1.82) is 0 Å². The third kappa shape index (κ3) is 7.25. The topological polar surface area (TPSA) is 39.2 Å². The summed E-state index contributed by atoms with van der Waals surface area (Å²) in [6.07, 6.45) is 11.4. The Morgan fingerprint density at radius 1 is 0.761 bits per heavy atom. The number of hydrogen-bond donors (Lipinski definition) is 0. The summed E-state index contributed by atoms with van der Waals surface area (Å²) in [6.45, 7) is 16.4. The molecule has 4 aromatic carbocycles. The van der Waals surface area contributed by atoms with Crippen LogP contribution in [0, 0.1) is 10.8 Å². The zero-order valence-corrected chi connectivity index (χ0v) is 29.0. The van der Waals surface area contributed by atoms with Gasteiger partial charge in [0, 0.05) is 34.1 Å². The van der Waals surface area contributed by atoms with E-state index < -0.39 is 5.41 Å². The fraction of sp³-hybridized carbons (Fsp3) is 0.349. The van der Waals surface area contributed by atoms with Crippen molar-refractivity contribution < 1.29 is 9.53 Å². The van der Waals surface area contributed by atoms with Crippen LogP contribution in [-0.2, 0) is 16.0 Å². The summed E-state index contributed by atoms with van der Waals surface area (Å²) in [5.74, 6) is 0.708. The quantitative estimate of drug-likeness (QED) is 0.0682. The first-order valence-corrected chi connectivity index (χ1v) is 16.8. The molecule has 3 nitrogen and oxygen atoms in total. The van der Waals surface area contributed by atoms with Crippen molar-refractivity contribution in [3.05, 3.63) is 108 Å². The molecule has 0 fully saturated rings. The Morgan fingerprint density at radius 3 is 2.20 bits per heavy atom. The number of nitrogens with zero attached hydrogens (tertiary/aromatic N) is 1. The van der Waals surface area contributed by atoms with E-state index in [4.69, 9.17) is 9.72 Å². The number of ether oxygens (including phenoxy) is 1. The molecule has 1 aromatic heterocycles. The molecule has 0 saturated carbocycles. The van der Waals surface area contributed by atoms with Gasteiger partial charge in [0.1, 0.15) is 5.76 Å². The molecule has 0 spiro atoms. The van der Waals surface area contributed by atoms with Crippen molar-refractivity contribution in [3.8, 4) is 11.3 Å². The molecule has 1 heterocycles. The summed E-state index contributed by atoms with van der Waals surface area (Å²) < 4.78 is 6.35. The third-order valence-electron chi connectivity index (χ3n) is 8.85. The van der Waals surface area contributed by atoms with Crippen LogP contribution in [0.15, 0.2) is 97.1 Å². The zero-order valence-electron chi connectivity index (χ0n) is 29.0. The minimum atomic E-state index is -0.477. The Balaban J connectivity index is 1.63. The number of hydrogen-bond acceptors (Lipinski definition) is 3. The van der Waals surface area contributed by atoms with Gasteiger partial charge < -0.3 is 4.74 Å². The van der Waals surface area contributed by atoms with Gasteiger partial charge in [-0.25, -0.2) is 0 Å². The molecule has 3 heteroatoms. The van der Waals surface area contributed by atoms with Gasteiger partial charge in [0.2, 0.25) is 0 Å². The van der Waals surface area contributed by atoms with Crippen molar-refractivity contribution in [2.45, 2.75) is 87.5 Å². The van der Waals surface area contributed by atoms with E-state index in [1.54, 1.807) is 12.3 Å². The second-order valence-corrected chi connectivity index (χ2v) is 14.7. The average Bonchev–Trinajstić information content (AvgIpc) is 3.03. The van der Waals surface area contributed by atoms with Crippen LogP contribution in [0.1, 0.15) is 92.2 Å². The number of rotatable bonds is 10. The molecule has 0 atom stereocenters. The Bertz CT molecular complexity index is 1950. The Morgan fingerprint density at radius 2 is 1.46 bits per heavy atom. The first-order chi connectivity index (χ1) is 21.9. The third-order valence-corrected chi connectivity index (χ3v) is 8.85. The van der Waals surface area contributed by atoms with Crippen molar-refractivity contribution in [3.63, 3.8) is 0 Å². The number of carbonyl (C=O) groups is 1. The first kappa shape index (κ1) is 33.1. The van der Waals surface area contributed by atoms with E-state index >= 15 is 0 Å². The Hall–Kier alpha value is -4.24. The summed E-state index contributed by atoms with van der Waals surface area (Å²) in [5.41, 5.74) is 4.65. The van der Waals surface area contributed by atoms with Gasteiger partial charge >= 0.3 is 0 Å². The van der Waals surface area contributed by atoms with Crippen LogP contribution in [0.25, 0.3) is 49.1 Å². The second kappa shape index (κ2) is 13.6. The molecule has 0 aliphatic carbocycles. The highest BCUT2D eigenvalue weighted by Crippen LogP contribution is 2.38. The molecule has 0 radical (unpaired) electrons. The van der Waals surface area contributed by atoms with Crippen LogP contribution in [0.3, 0.4) is 0 Å². The van der Waals surface area contributed by atoms with Crippen molar-refractivity contribution in [2.24, 2.45) is 10.8 Å². The number of unbranched alkanes of at least 4 members (excludes halogenated alkanes) is 3. The van der Waals surface area contributed by atoms with Gasteiger partial charge in [-0.1, -0.05) is 128 Å². The zero-order chi connectivity index (χ0) is 33.1. The summed E-state index contributed by atoms with van der Waals surface area (Å²) in [4.78, 5) is 18.0. The minimum Gasteiger partial charge on any atom is -0.468 e. The van der Waals surface area contributed by atoms with Gasteiger partial charge in [-0.05, 0) is 75.5 Å². The van der Waals surface area contributed by atoms with Gasteiger partial charge in [0.15, 0.2) is 5.78 Å². The van der Waals surface area contributed by atoms with E-state index in [0.717, 1.165) is 34.2 Å².